The van der Waals surface area contributed by atoms with Crippen LogP contribution in [0.1, 0.15) is 26.7 Å². The third-order valence-corrected chi connectivity index (χ3v) is 4.26. The molecule has 0 aliphatic heterocycles. The lowest BCUT2D eigenvalue weighted by atomic mass is 10.4. The Morgan fingerprint density at radius 1 is 1.15 bits per heavy atom. The highest BCUT2D eigenvalue weighted by Crippen LogP contribution is 2.04. The SMILES string of the molecule is CCN(CC)S(=O)(=O)CCCCCl. The maximum atomic E-state index is 11.6. The third-order valence-electron chi connectivity index (χ3n) is 1.88. The largest absolute Gasteiger partial charge is 0.214 e. The smallest absolute Gasteiger partial charge is 0.212 e. The number of hydrogen-bond donors (Lipinski definition) is 0. The lowest BCUT2D eigenvalue weighted by molar-refractivity contribution is 0.444. The predicted octanol–water partition coefficient (Wildman–Crippen LogP) is 1.68. The molecule has 0 N–H and O–H groups in total. The number of alkyl halides is 1. The summed E-state index contributed by atoms with van der Waals surface area (Å²) in [6, 6.07) is 0. The molecule has 13 heavy (non-hydrogen) atoms. The minimum Gasteiger partial charge on any atom is -0.212 e. The van der Waals surface area contributed by atoms with E-state index in [2.05, 4.69) is 0 Å². The van der Waals surface area contributed by atoms with Crippen LogP contribution in [-0.4, -0.2) is 37.4 Å². The molecule has 0 bridgehead atoms. The van der Waals surface area contributed by atoms with Gasteiger partial charge in [0.25, 0.3) is 0 Å². The van der Waals surface area contributed by atoms with Crippen LogP contribution in [0.4, 0.5) is 0 Å². The molecule has 0 rings (SSSR count). The minimum absolute atomic E-state index is 0.224. The zero-order valence-electron chi connectivity index (χ0n) is 8.29. The van der Waals surface area contributed by atoms with Crippen molar-refractivity contribution in [1.82, 2.24) is 4.31 Å². The molecule has 0 aromatic heterocycles. The molecule has 3 nitrogen and oxygen atoms in total. The fourth-order valence-electron chi connectivity index (χ4n) is 1.13. The molecular weight excluding hydrogens is 210 g/mol. The number of hydrogen-bond acceptors (Lipinski definition) is 2. The number of sulfonamides is 1. The van der Waals surface area contributed by atoms with E-state index < -0.39 is 10.0 Å². The normalized spacial score (nSPS) is 12.3. The first-order chi connectivity index (χ1) is 6.08. The van der Waals surface area contributed by atoms with Crippen molar-refractivity contribution in [2.24, 2.45) is 0 Å². The van der Waals surface area contributed by atoms with Gasteiger partial charge in [0.15, 0.2) is 0 Å². The van der Waals surface area contributed by atoms with Crippen LogP contribution in [0, 0.1) is 0 Å². The molecule has 0 unspecified atom stereocenters. The molecule has 0 aliphatic carbocycles. The Bertz CT molecular complexity index is 212. The average Bonchev–Trinajstić information content (AvgIpc) is 2.06. The molecule has 0 fully saturated rings. The Kier molecular flexibility index (Phi) is 6.73. The molecule has 0 radical (unpaired) electrons. The van der Waals surface area contributed by atoms with Gasteiger partial charge in [0.05, 0.1) is 5.75 Å². The quantitative estimate of drug-likeness (QED) is 0.490. The van der Waals surface area contributed by atoms with E-state index >= 15 is 0 Å². The Morgan fingerprint density at radius 2 is 1.69 bits per heavy atom. The van der Waals surface area contributed by atoms with Crippen molar-refractivity contribution in [2.75, 3.05) is 24.7 Å². The van der Waals surface area contributed by atoms with Gasteiger partial charge < -0.3 is 0 Å². The second kappa shape index (κ2) is 6.62. The van der Waals surface area contributed by atoms with Crippen molar-refractivity contribution in [2.45, 2.75) is 26.7 Å². The van der Waals surface area contributed by atoms with E-state index in [4.69, 9.17) is 11.6 Å². The second-order valence-corrected chi connectivity index (χ2v) is 5.26. The van der Waals surface area contributed by atoms with Gasteiger partial charge in [-0.1, -0.05) is 13.8 Å². The fraction of sp³-hybridized carbons (Fsp3) is 1.00. The summed E-state index contributed by atoms with van der Waals surface area (Å²) in [4.78, 5) is 0. The van der Waals surface area contributed by atoms with Crippen LogP contribution in [0.15, 0.2) is 0 Å². The van der Waals surface area contributed by atoms with Crippen LogP contribution in [0.3, 0.4) is 0 Å². The van der Waals surface area contributed by atoms with E-state index in [9.17, 15) is 8.42 Å². The van der Waals surface area contributed by atoms with Crippen LogP contribution in [0.2, 0.25) is 0 Å². The molecule has 0 atom stereocenters. The lowest BCUT2D eigenvalue weighted by Gasteiger charge is -2.17. The number of unbranched alkanes of at least 4 members (excludes halogenated alkanes) is 1. The van der Waals surface area contributed by atoms with Crippen molar-refractivity contribution >= 4 is 21.6 Å². The van der Waals surface area contributed by atoms with Gasteiger partial charge in [-0.25, -0.2) is 12.7 Å². The highest BCUT2D eigenvalue weighted by atomic mass is 35.5. The Balaban J connectivity index is 4.05. The Labute approximate surface area is 86.1 Å². The van der Waals surface area contributed by atoms with E-state index in [0.29, 0.717) is 25.4 Å². The third kappa shape index (κ3) is 4.84. The topological polar surface area (TPSA) is 37.4 Å². The van der Waals surface area contributed by atoms with Crippen LogP contribution in [0.5, 0.6) is 0 Å². The molecule has 0 saturated carbocycles. The molecule has 0 amide bonds. The number of nitrogens with zero attached hydrogens (tertiary/aromatic N) is 1. The molecule has 0 spiro atoms. The lowest BCUT2D eigenvalue weighted by Crippen LogP contribution is -2.32. The fourth-order valence-corrected chi connectivity index (χ4v) is 2.93. The first-order valence-electron chi connectivity index (χ1n) is 4.62. The standard InChI is InChI=1S/C8H18ClNO2S/c1-3-10(4-2)13(11,12)8-6-5-7-9/h3-8H2,1-2H3. The molecule has 0 aromatic rings. The van der Waals surface area contributed by atoms with Crippen molar-refractivity contribution < 1.29 is 8.42 Å². The van der Waals surface area contributed by atoms with Gasteiger partial charge >= 0.3 is 0 Å². The van der Waals surface area contributed by atoms with Gasteiger partial charge in [0.1, 0.15) is 0 Å². The molecule has 0 aliphatic rings. The van der Waals surface area contributed by atoms with Crippen molar-refractivity contribution in [1.29, 1.82) is 0 Å². The summed E-state index contributed by atoms with van der Waals surface area (Å²) in [5, 5.41) is 0. The Hall–Kier alpha value is 0.200. The molecular formula is C8H18ClNO2S. The van der Waals surface area contributed by atoms with Gasteiger partial charge in [-0.05, 0) is 12.8 Å². The van der Waals surface area contributed by atoms with Gasteiger partial charge in [0, 0.05) is 19.0 Å². The first-order valence-corrected chi connectivity index (χ1v) is 6.76. The van der Waals surface area contributed by atoms with Crippen LogP contribution in [-0.2, 0) is 10.0 Å². The van der Waals surface area contributed by atoms with Gasteiger partial charge in [-0.15, -0.1) is 11.6 Å². The van der Waals surface area contributed by atoms with E-state index in [1.165, 1.54) is 4.31 Å². The molecule has 0 aromatic carbocycles. The summed E-state index contributed by atoms with van der Waals surface area (Å²) in [5.41, 5.74) is 0. The van der Waals surface area contributed by atoms with Crippen LogP contribution < -0.4 is 0 Å². The van der Waals surface area contributed by atoms with E-state index in [-0.39, 0.29) is 5.75 Å². The average molecular weight is 228 g/mol. The van der Waals surface area contributed by atoms with E-state index in [0.717, 1.165) is 6.42 Å². The first kappa shape index (κ1) is 13.2. The van der Waals surface area contributed by atoms with Crippen molar-refractivity contribution in [3.63, 3.8) is 0 Å². The second-order valence-electron chi connectivity index (χ2n) is 2.80. The summed E-state index contributed by atoms with van der Waals surface area (Å²) in [6.07, 6.45) is 1.42. The number of rotatable bonds is 7. The zero-order valence-corrected chi connectivity index (χ0v) is 9.86. The molecule has 5 heteroatoms. The zero-order chi connectivity index (χ0) is 10.3. The maximum absolute atomic E-state index is 11.6. The maximum Gasteiger partial charge on any atom is 0.214 e. The predicted molar refractivity (Wildman–Crippen MR) is 56.7 cm³/mol. The summed E-state index contributed by atoms with van der Waals surface area (Å²) in [7, 11) is -3.02. The van der Waals surface area contributed by atoms with E-state index in [1.807, 2.05) is 13.8 Å². The van der Waals surface area contributed by atoms with Gasteiger partial charge in [0.2, 0.25) is 10.0 Å². The van der Waals surface area contributed by atoms with Crippen LogP contribution >= 0.6 is 11.6 Å². The highest BCUT2D eigenvalue weighted by Gasteiger charge is 2.17. The van der Waals surface area contributed by atoms with Crippen LogP contribution in [0.25, 0.3) is 0 Å². The summed E-state index contributed by atoms with van der Waals surface area (Å²) in [5.74, 6) is 0.759. The molecule has 0 saturated heterocycles. The summed E-state index contributed by atoms with van der Waals surface area (Å²) < 4.78 is 24.6. The molecule has 0 heterocycles. The van der Waals surface area contributed by atoms with Gasteiger partial charge in [-0.3, -0.25) is 0 Å². The summed E-state index contributed by atoms with van der Waals surface area (Å²) in [6.45, 7) is 4.81. The minimum atomic E-state index is -3.02. The van der Waals surface area contributed by atoms with Crippen molar-refractivity contribution in [3.05, 3.63) is 0 Å². The van der Waals surface area contributed by atoms with Crippen molar-refractivity contribution in [3.8, 4) is 0 Å². The Morgan fingerprint density at radius 3 is 2.08 bits per heavy atom. The highest BCUT2D eigenvalue weighted by molar-refractivity contribution is 7.89. The summed E-state index contributed by atoms with van der Waals surface area (Å²) >= 11 is 5.47. The van der Waals surface area contributed by atoms with Gasteiger partial charge in [-0.2, -0.15) is 0 Å². The van der Waals surface area contributed by atoms with E-state index in [1.54, 1.807) is 0 Å². The molecule has 80 valence electrons. The number of halogens is 1. The monoisotopic (exact) mass is 227 g/mol.